The van der Waals surface area contributed by atoms with Crippen molar-refractivity contribution < 1.29 is 15.0 Å². The average molecular weight is 303 g/mol. The molecule has 0 amide bonds. The second-order valence-corrected chi connectivity index (χ2v) is 5.30. The zero-order valence-corrected chi connectivity index (χ0v) is 11.3. The summed E-state index contributed by atoms with van der Waals surface area (Å²) in [6.07, 6.45) is -1.14. The molecule has 0 aliphatic heterocycles. The summed E-state index contributed by atoms with van der Waals surface area (Å²) in [7, 11) is 0. The Balaban J connectivity index is 2.51. The summed E-state index contributed by atoms with van der Waals surface area (Å²) in [5, 5.41) is 21.5. The van der Waals surface area contributed by atoms with Crippen LogP contribution >= 0.6 is 34.5 Å². The largest absolute Gasteiger partial charge is 0.478 e. The molecule has 0 saturated carbocycles. The Morgan fingerprint density at radius 1 is 1.22 bits per heavy atom. The smallest absolute Gasteiger partial charge is 0.336 e. The first kappa shape index (κ1) is 13.4. The number of aliphatic hydroxyl groups excluding tert-OH is 1. The molecule has 2 N–H and O–H groups in total. The molecule has 1 aromatic carbocycles. The van der Waals surface area contributed by atoms with Crippen molar-refractivity contribution in [3.8, 4) is 0 Å². The fourth-order valence-corrected chi connectivity index (χ4v) is 3.10. The third-order valence-electron chi connectivity index (χ3n) is 2.45. The van der Waals surface area contributed by atoms with Crippen LogP contribution in [0.4, 0.5) is 0 Å². The van der Waals surface area contributed by atoms with Crippen LogP contribution in [0, 0.1) is 0 Å². The van der Waals surface area contributed by atoms with Gasteiger partial charge >= 0.3 is 5.97 Å². The number of carbonyl (C=O) groups is 1. The number of rotatable bonds is 3. The van der Waals surface area contributed by atoms with Gasteiger partial charge in [-0.3, -0.25) is 0 Å². The van der Waals surface area contributed by atoms with Gasteiger partial charge in [0.05, 0.1) is 10.4 Å². The summed E-state index contributed by atoms with van der Waals surface area (Å²) in [6.45, 7) is 0. The first-order chi connectivity index (χ1) is 8.52. The van der Waals surface area contributed by atoms with Gasteiger partial charge in [0.2, 0.25) is 0 Å². The van der Waals surface area contributed by atoms with Crippen molar-refractivity contribution in [3.05, 3.63) is 55.7 Å². The molecule has 3 nitrogen and oxygen atoms in total. The van der Waals surface area contributed by atoms with Gasteiger partial charge in [0.25, 0.3) is 0 Å². The minimum Gasteiger partial charge on any atom is -0.478 e. The monoisotopic (exact) mass is 302 g/mol. The van der Waals surface area contributed by atoms with E-state index >= 15 is 0 Å². The highest BCUT2D eigenvalue weighted by Crippen LogP contribution is 2.37. The standard InChI is InChI=1S/C12H8Cl2O3S/c13-7-2-1-3-8(14)9(7)10(15)11-6(12(16)17)4-5-18-11/h1-5,10,15H,(H,16,17). The molecule has 2 aromatic rings. The number of carboxylic acids is 1. The molecule has 1 heterocycles. The molecule has 2 rings (SSSR count). The van der Waals surface area contributed by atoms with Crippen LogP contribution < -0.4 is 0 Å². The van der Waals surface area contributed by atoms with Crippen molar-refractivity contribution in [2.75, 3.05) is 0 Å². The van der Waals surface area contributed by atoms with E-state index in [4.69, 9.17) is 28.3 Å². The van der Waals surface area contributed by atoms with Crippen LogP contribution in [0.3, 0.4) is 0 Å². The lowest BCUT2D eigenvalue weighted by Crippen LogP contribution is -2.05. The molecule has 94 valence electrons. The number of thiophene rings is 1. The van der Waals surface area contributed by atoms with E-state index in [1.807, 2.05) is 0 Å². The highest BCUT2D eigenvalue weighted by atomic mass is 35.5. The summed E-state index contributed by atoms with van der Waals surface area (Å²) in [6, 6.07) is 6.30. The lowest BCUT2D eigenvalue weighted by Gasteiger charge is -2.13. The van der Waals surface area contributed by atoms with Crippen molar-refractivity contribution in [1.29, 1.82) is 0 Å². The highest BCUT2D eigenvalue weighted by molar-refractivity contribution is 7.10. The number of hydrogen-bond acceptors (Lipinski definition) is 3. The normalized spacial score (nSPS) is 12.4. The lowest BCUT2D eigenvalue weighted by atomic mass is 10.1. The van der Waals surface area contributed by atoms with Crippen LogP contribution in [0.25, 0.3) is 0 Å². The molecule has 6 heteroatoms. The maximum absolute atomic E-state index is 11.0. The Morgan fingerprint density at radius 2 is 1.83 bits per heavy atom. The maximum Gasteiger partial charge on any atom is 0.336 e. The van der Waals surface area contributed by atoms with E-state index in [0.29, 0.717) is 20.5 Å². The van der Waals surface area contributed by atoms with Gasteiger partial charge in [-0.2, -0.15) is 0 Å². The second-order valence-electron chi connectivity index (χ2n) is 3.54. The third kappa shape index (κ3) is 2.37. The van der Waals surface area contributed by atoms with Crippen molar-refractivity contribution in [2.45, 2.75) is 6.10 Å². The van der Waals surface area contributed by atoms with E-state index in [1.165, 1.54) is 6.07 Å². The molecule has 18 heavy (non-hydrogen) atoms. The van der Waals surface area contributed by atoms with E-state index in [9.17, 15) is 9.90 Å². The first-order valence-corrected chi connectivity index (χ1v) is 6.58. The van der Waals surface area contributed by atoms with Crippen molar-refractivity contribution in [2.24, 2.45) is 0 Å². The molecule has 1 atom stereocenters. The van der Waals surface area contributed by atoms with Gasteiger partial charge in [-0.15, -0.1) is 11.3 Å². The fraction of sp³-hybridized carbons (Fsp3) is 0.0833. The molecule has 0 bridgehead atoms. The number of halogens is 2. The minimum atomic E-state index is -1.14. The Labute approximate surface area is 117 Å². The predicted octanol–water partition coefficient (Wildman–Crippen LogP) is 3.83. The van der Waals surface area contributed by atoms with E-state index in [1.54, 1.807) is 23.6 Å². The second kappa shape index (κ2) is 5.28. The topological polar surface area (TPSA) is 57.5 Å². The van der Waals surface area contributed by atoms with Gasteiger partial charge in [-0.05, 0) is 23.6 Å². The van der Waals surface area contributed by atoms with Gasteiger partial charge in [0.15, 0.2) is 0 Å². The quantitative estimate of drug-likeness (QED) is 0.906. The Kier molecular flexibility index (Phi) is 3.92. The van der Waals surface area contributed by atoms with Crippen molar-refractivity contribution in [3.63, 3.8) is 0 Å². The number of aliphatic hydroxyl groups is 1. The molecule has 1 unspecified atom stereocenters. The minimum absolute atomic E-state index is 0.0588. The van der Waals surface area contributed by atoms with Crippen LogP contribution in [0.1, 0.15) is 26.9 Å². The van der Waals surface area contributed by atoms with Crippen LogP contribution in [-0.2, 0) is 0 Å². The van der Waals surface area contributed by atoms with E-state index < -0.39 is 12.1 Å². The van der Waals surface area contributed by atoms with Gasteiger partial charge in [-0.1, -0.05) is 29.3 Å². The van der Waals surface area contributed by atoms with Gasteiger partial charge in [-0.25, -0.2) is 4.79 Å². The summed E-state index contributed by atoms with van der Waals surface area (Å²) in [5.41, 5.74) is 0.384. The van der Waals surface area contributed by atoms with Gasteiger partial charge in [0, 0.05) is 15.6 Å². The van der Waals surface area contributed by atoms with Crippen LogP contribution in [0.5, 0.6) is 0 Å². The molecule has 0 aliphatic carbocycles. The number of carboxylic acid groups (broad SMARTS) is 1. The van der Waals surface area contributed by atoms with Crippen LogP contribution in [0.2, 0.25) is 10.0 Å². The van der Waals surface area contributed by atoms with Crippen molar-refractivity contribution in [1.82, 2.24) is 0 Å². The Hall–Kier alpha value is -1.07. The average Bonchev–Trinajstić information content (AvgIpc) is 2.77. The summed E-state index contributed by atoms with van der Waals surface area (Å²) < 4.78 is 0. The Bertz CT molecular complexity index is 575. The molecule has 0 spiro atoms. The zero-order valence-electron chi connectivity index (χ0n) is 8.93. The van der Waals surface area contributed by atoms with Crippen LogP contribution in [0.15, 0.2) is 29.6 Å². The number of aromatic carboxylic acids is 1. The van der Waals surface area contributed by atoms with E-state index in [0.717, 1.165) is 11.3 Å². The summed E-state index contributed by atoms with van der Waals surface area (Å²) in [5.74, 6) is -1.09. The third-order valence-corrected chi connectivity index (χ3v) is 4.08. The molecular weight excluding hydrogens is 295 g/mol. The number of benzene rings is 1. The fourth-order valence-electron chi connectivity index (χ4n) is 1.61. The SMILES string of the molecule is O=C(O)c1ccsc1C(O)c1c(Cl)cccc1Cl. The first-order valence-electron chi connectivity index (χ1n) is 4.95. The molecule has 0 radical (unpaired) electrons. The molecule has 0 saturated heterocycles. The summed E-state index contributed by atoms with van der Waals surface area (Å²) >= 11 is 13.1. The molecular formula is C12H8Cl2O3S. The van der Waals surface area contributed by atoms with Gasteiger partial charge in [0.1, 0.15) is 6.10 Å². The highest BCUT2D eigenvalue weighted by Gasteiger charge is 2.23. The molecule has 1 aromatic heterocycles. The summed E-state index contributed by atoms with van der Waals surface area (Å²) in [4.78, 5) is 11.3. The Morgan fingerprint density at radius 3 is 2.39 bits per heavy atom. The lowest BCUT2D eigenvalue weighted by molar-refractivity contribution is 0.0692. The van der Waals surface area contributed by atoms with Crippen molar-refractivity contribution >= 4 is 40.5 Å². The maximum atomic E-state index is 11.0. The molecule has 0 fully saturated rings. The van der Waals surface area contributed by atoms with E-state index in [2.05, 4.69) is 0 Å². The molecule has 0 aliphatic rings. The number of hydrogen-bond donors (Lipinski definition) is 2. The van der Waals surface area contributed by atoms with Crippen LogP contribution in [-0.4, -0.2) is 16.2 Å². The van der Waals surface area contributed by atoms with Gasteiger partial charge < -0.3 is 10.2 Å². The zero-order chi connectivity index (χ0) is 13.3. The van der Waals surface area contributed by atoms with E-state index in [-0.39, 0.29) is 5.56 Å². The predicted molar refractivity (Wildman–Crippen MR) is 71.8 cm³/mol.